The SMILES string of the molecule is CCCC1=C(C2=CC[C]([Zr])=C2C2=C(CCC)C(C)=C(C)C2(C)C)C(C)(C)C(C)=C1C. The molecule has 0 aromatic carbocycles. The first kappa shape index (κ1) is 24.0. The Bertz CT molecular complexity index is 964. The molecule has 0 atom stereocenters. The maximum atomic E-state index is 2.58. The Labute approximate surface area is 201 Å². The van der Waals surface area contributed by atoms with Gasteiger partial charge in [0.25, 0.3) is 0 Å². The molecule has 0 aromatic heterocycles. The van der Waals surface area contributed by atoms with Crippen molar-refractivity contribution >= 4 is 0 Å². The van der Waals surface area contributed by atoms with Crippen LogP contribution in [0.1, 0.15) is 101 Å². The van der Waals surface area contributed by atoms with Crippen molar-refractivity contribution in [3.8, 4) is 0 Å². The fraction of sp³-hybridized carbons (Fsp3) is 0.586. The fourth-order valence-corrected chi connectivity index (χ4v) is 6.95. The molecule has 0 unspecified atom stereocenters. The van der Waals surface area contributed by atoms with E-state index in [-0.39, 0.29) is 10.8 Å². The molecule has 0 bridgehead atoms. The molecule has 1 heteroatoms. The summed E-state index contributed by atoms with van der Waals surface area (Å²) in [6.07, 6.45) is 8.53. The zero-order valence-corrected chi connectivity index (χ0v) is 23.6. The van der Waals surface area contributed by atoms with Gasteiger partial charge in [-0.3, -0.25) is 0 Å². The number of allylic oxidation sites excluding steroid dienone is 12. The summed E-state index contributed by atoms with van der Waals surface area (Å²) >= 11 is 1.58. The molecule has 0 nitrogen and oxygen atoms in total. The monoisotopic (exact) mass is 479 g/mol. The quantitative estimate of drug-likeness (QED) is 0.355. The number of rotatable bonds is 6. The Morgan fingerprint density at radius 1 is 0.767 bits per heavy atom. The van der Waals surface area contributed by atoms with Gasteiger partial charge in [-0.05, 0) is 0 Å². The molecule has 161 valence electrons. The van der Waals surface area contributed by atoms with Gasteiger partial charge in [0.1, 0.15) is 0 Å². The zero-order valence-electron chi connectivity index (χ0n) is 21.1. The predicted octanol–water partition coefficient (Wildman–Crippen LogP) is 9.06. The summed E-state index contributed by atoms with van der Waals surface area (Å²) in [5, 5.41) is 0. The van der Waals surface area contributed by atoms with Crippen LogP contribution in [0.25, 0.3) is 0 Å². The van der Waals surface area contributed by atoms with Crippen molar-refractivity contribution in [3.05, 3.63) is 65.1 Å². The molecule has 0 N–H and O–H groups in total. The van der Waals surface area contributed by atoms with E-state index in [2.05, 4.69) is 75.3 Å². The molecule has 0 saturated carbocycles. The molecule has 3 aliphatic rings. The average molecular weight is 481 g/mol. The Morgan fingerprint density at radius 3 is 1.67 bits per heavy atom. The summed E-state index contributed by atoms with van der Waals surface area (Å²) in [6.45, 7) is 24.0. The first-order valence-electron chi connectivity index (χ1n) is 11.9. The van der Waals surface area contributed by atoms with Crippen molar-refractivity contribution < 1.29 is 24.7 Å². The van der Waals surface area contributed by atoms with E-state index in [9.17, 15) is 0 Å². The molecule has 0 aromatic rings. The third-order valence-corrected chi connectivity index (χ3v) is 9.48. The van der Waals surface area contributed by atoms with Crippen molar-refractivity contribution in [3.63, 3.8) is 0 Å². The third-order valence-electron chi connectivity index (χ3n) is 8.36. The van der Waals surface area contributed by atoms with Crippen molar-refractivity contribution in [2.24, 2.45) is 10.8 Å². The van der Waals surface area contributed by atoms with Gasteiger partial charge in [-0.2, -0.15) is 0 Å². The Morgan fingerprint density at radius 2 is 1.20 bits per heavy atom. The van der Waals surface area contributed by atoms with E-state index in [0.717, 1.165) is 6.42 Å². The van der Waals surface area contributed by atoms with E-state index in [1.165, 1.54) is 25.7 Å². The van der Waals surface area contributed by atoms with E-state index < -0.39 is 0 Å². The molecule has 0 fully saturated rings. The van der Waals surface area contributed by atoms with E-state index in [1.54, 1.807) is 83.7 Å². The van der Waals surface area contributed by atoms with Crippen LogP contribution in [0.2, 0.25) is 0 Å². The second kappa shape index (κ2) is 8.35. The second-order valence-corrected chi connectivity index (χ2v) is 12.1. The van der Waals surface area contributed by atoms with Gasteiger partial charge >= 0.3 is 202 Å². The van der Waals surface area contributed by atoms with E-state index in [1.807, 2.05) is 0 Å². The summed E-state index contributed by atoms with van der Waals surface area (Å²) in [6, 6.07) is 0. The van der Waals surface area contributed by atoms with E-state index >= 15 is 0 Å². The molecule has 0 amide bonds. The maximum absolute atomic E-state index is 2.58. The molecule has 0 spiro atoms. The average Bonchev–Trinajstić information content (AvgIpc) is 3.17. The fourth-order valence-electron chi connectivity index (χ4n) is 6.07. The predicted molar refractivity (Wildman–Crippen MR) is 128 cm³/mol. The Kier molecular flexibility index (Phi) is 6.67. The number of hydrogen-bond donors (Lipinski definition) is 0. The molecule has 30 heavy (non-hydrogen) atoms. The topological polar surface area (TPSA) is 0 Å². The van der Waals surface area contributed by atoms with Crippen LogP contribution in [0, 0.1) is 10.8 Å². The normalized spacial score (nSPS) is 23.6. The molecule has 3 rings (SSSR count). The van der Waals surface area contributed by atoms with Crippen LogP contribution in [-0.4, -0.2) is 0 Å². The van der Waals surface area contributed by atoms with Crippen LogP contribution >= 0.6 is 0 Å². The van der Waals surface area contributed by atoms with Crippen LogP contribution in [0.4, 0.5) is 0 Å². The first-order valence-corrected chi connectivity index (χ1v) is 13.2. The summed E-state index contributed by atoms with van der Waals surface area (Å²) in [5.74, 6) is 0. The number of hydrogen-bond acceptors (Lipinski definition) is 0. The molecular formula is C29H41Zr. The first-order chi connectivity index (χ1) is 13.9. The van der Waals surface area contributed by atoms with Gasteiger partial charge in [0.05, 0.1) is 0 Å². The van der Waals surface area contributed by atoms with Gasteiger partial charge in [-0.15, -0.1) is 0 Å². The van der Waals surface area contributed by atoms with Crippen molar-refractivity contribution in [1.29, 1.82) is 0 Å². The van der Waals surface area contributed by atoms with Gasteiger partial charge in [-0.1, -0.05) is 0 Å². The summed E-state index contributed by atoms with van der Waals surface area (Å²) in [7, 11) is 0. The van der Waals surface area contributed by atoms with E-state index in [0.29, 0.717) is 0 Å². The van der Waals surface area contributed by atoms with Gasteiger partial charge in [-0.25, -0.2) is 0 Å². The Hall–Kier alpha value is -0.677. The van der Waals surface area contributed by atoms with Crippen LogP contribution in [0.5, 0.6) is 0 Å². The van der Waals surface area contributed by atoms with Crippen LogP contribution in [0.3, 0.4) is 0 Å². The van der Waals surface area contributed by atoms with Crippen LogP contribution in [-0.2, 0) is 24.7 Å². The van der Waals surface area contributed by atoms with E-state index in [4.69, 9.17) is 0 Å². The Balaban J connectivity index is 2.26. The van der Waals surface area contributed by atoms with Gasteiger partial charge in [0.2, 0.25) is 0 Å². The molecular weight excluding hydrogens is 440 g/mol. The minimum absolute atomic E-state index is 0.123. The standard InChI is InChI=1S/C29H41.Zr/c1-11-14-22-18(3)20(5)28(7,8)26(22)24-16-13-17-25(24)27-23(15-12-2)19(4)21(6)29(27,9)10;/h16H,11-15H2,1-10H3;. The summed E-state index contributed by atoms with van der Waals surface area (Å²) < 4.78 is 1.65. The van der Waals surface area contributed by atoms with Gasteiger partial charge in [0.15, 0.2) is 0 Å². The van der Waals surface area contributed by atoms with Crippen molar-refractivity contribution in [2.75, 3.05) is 0 Å². The van der Waals surface area contributed by atoms with Gasteiger partial charge < -0.3 is 0 Å². The summed E-state index contributed by atoms with van der Waals surface area (Å²) in [4.78, 5) is 0. The third kappa shape index (κ3) is 3.43. The van der Waals surface area contributed by atoms with Crippen molar-refractivity contribution in [2.45, 2.75) is 101 Å². The van der Waals surface area contributed by atoms with Crippen LogP contribution in [0.15, 0.2) is 65.1 Å². The minimum atomic E-state index is 0.123. The molecule has 0 saturated heterocycles. The molecule has 0 heterocycles. The molecule has 0 aliphatic heterocycles. The van der Waals surface area contributed by atoms with Gasteiger partial charge in [0, 0.05) is 0 Å². The van der Waals surface area contributed by atoms with Crippen molar-refractivity contribution in [1.82, 2.24) is 0 Å². The molecule has 3 aliphatic carbocycles. The zero-order chi connectivity index (χ0) is 22.6. The van der Waals surface area contributed by atoms with Crippen LogP contribution < -0.4 is 0 Å². The summed E-state index contributed by atoms with van der Waals surface area (Å²) in [5.41, 5.74) is 16.2. The second-order valence-electron chi connectivity index (χ2n) is 10.6. The molecule has 0 radical (unpaired) electrons.